The number of nitrogens with one attached hydrogen (secondary N) is 2. The van der Waals surface area contributed by atoms with Crippen LogP contribution in [0.25, 0.3) is 0 Å². The Kier molecular flexibility index (Phi) is 6.59. The minimum absolute atomic E-state index is 0.0468. The average molecular weight is 426 g/mol. The highest BCUT2D eigenvalue weighted by Crippen LogP contribution is 2.33. The van der Waals surface area contributed by atoms with Gasteiger partial charge in [-0.2, -0.15) is 0 Å². The summed E-state index contributed by atoms with van der Waals surface area (Å²) in [6.07, 6.45) is 9.29. The Labute approximate surface area is 183 Å². The summed E-state index contributed by atoms with van der Waals surface area (Å²) in [6.45, 7) is 1.46. The Morgan fingerprint density at radius 3 is 2.87 bits per heavy atom. The average Bonchev–Trinajstić information content (AvgIpc) is 3.02. The summed E-state index contributed by atoms with van der Waals surface area (Å²) in [5.74, 6) is 0.219. The largest absolute Gasteiger partial charge is 0.485 e. The molecule has 2 N–H and O–H groups in total. The molecule has 7 nitrogen and oxygen atoms in total. The summed E-state index contributed by atoms with van der Waals surface area (Å²) < 4.78 is 6.30. The van der Waals surface area contributed by atoms with Crippen LogP contribution in [-0.4, -0.2) is 54.4 Å². The van der Waals surface area contributed by atoms with Crippen LogP contribution in [0.4, 0.5) is 0 Å². The number of para-hydroxylation sites is 1. The first-order chi connectivity index (χ1) is 15.0. The Morgan fingerprint density at radius 2 is 2.03 bits per heavy atom. The van der Waals surface area contributed by atoms with Gasteiger partial charge in [-0.1, -0.05) is 23.8 Å². The number of rotatable bonds is 5. The molecular formula is C24H31N3O4. The molecule has 3 aliphatic rings. The van der Waals surface area contributed by atoms with Gasteiger partial charge in [-0.15, -0.1) is 0 Å². The van der Waals surface area contributed by atoms with E-state index in [1.165, 1.54) is 18.4 Å². The van der Waals surface area contributed by atoms with Gasteiger partial charge in [-0.05, 0) is 50.7 Å². The SMILES string of the molecule is O=C(CN1CCC2(CCC1=O)CNC(=O)c1ccccc1O2)NCCC1=CCCCC1. The summed E-state index contributed by atoms with van der Waals surface area (Å²) in [5, 5.41) is 5.90. The molecule has 1 aromatic rings. The minimum atomic E-state index is -0.642. The molecule has 2 aliphatic heterocycles. The lowest BCUT2D eigenvalue weighted by Crippen LogP contribution is -2.46. The zero-order chi connectivity index (χ0) is 21.7. The topological polar surface area (TPSA) is 87.7 Å². The zero-order valence-electron chi connectivity index (χ0n) is 18.0. The molecule has 1 saturated heterocycles. The van der Waals surface area contributed by atoms with Gasteiger partial charge in [-0.3, -0.25) is 14.4 Å². The van der Waals surface area contributed by atoms with Crippen molar-refractivity contribution in [2.45, 2.75) is 57.0 Å². The van der Waals surface area contributed by atoms with Gasteiger partial charge >= 0.3 is 0 Å². The third kappa shape index (κ3) is 5.27. The van der Waals surface area contributed by atoms with E-state index in [0.29, 0.717) is 43.8 Å². The smallest absolute Gasteiger partial charge is 0.255 e. The molecule has 2 heterocycles. The number of carbonyl (C=O) groups is 3. The van der Waals surface area contributed by atoms with Gasteiger partial charge in [-0.25, -0.2) is 0 Å². The first kappa shape index (κ1) is 21.4. The Hall–Kier alpha value is -2.83. The number of carbonyl (C=O) groups excluding carboxylic acids is 3. The molecule has 1 spiro atoms. The summed E-state index contributed by atoms with van der Waals surface area (Å²) >= 11 is 0. The number of likely N-dealkylation sites (tertiary alicyclic amines) is 1. The van der Waals surface area contributed by atoms with E-state index in [1.807, 2.05) is 12.1 Å². The molecule has 4 rings (SSSR count). The van der Waals surface area contributed by atoms with Gasteiger partial charge in [0.2, 0.25) is 11.8 Å². The number of fused-ring (bicyclic) bond motifs is 1. The molecule has 7 heteroatoms. The van der Waals surface area contributed by atoms with E-state index >= 15 is 0 Å². The van der Waals surface area contributed by atoms with E-state index < -0.39 is 5.60 Å². The lowest BCUT2D eigenvalue weighted by molar-refractivity contribution is -0.135. The van der Waals surface area contributed by atoms with E-state index in [2.05, 4.69) is 16.7 Å². The van der Waals surface area contributed by atoms with Crippen molar-refractivity contribution in [1.29, 1.82) is 0 Å². The lowest BCUT2D eigenvalue weighted by Gasteiger charge is -2.32. The quantitative estimate of drug-likeness (QED) is 0.710. The van der Waals surface area contributed by atoms with Crippen molar-refractivity contribution in [2.75, 3.05) is 26.2 Å². The molecule has 0 bridgehead atoms. The minimum Gasteiger partial charge on any atom is -0.485 e. The highest BCUT2D eigenvalue weighted by atomic mass is 16.5. The highest BCUT2D eigenvalue weighted by Gasteiger charge is 2.40. The summed E-state index contributed by atoms with van der Waals surface area (Å²) in [6, 6.07) is 7.18. The number of hydrogen-bond acceptors (Lipinski definition) is 4. The molecule has 1 aromatic carbocycles. The first-order valence-corrected chi connectivity index (χ1v) is 11.3. The second kappa shape index (κ2) is 9.54. The zero-order valence-corrected chi connectivity index (χ0v) is 18.0. The number of benzene rings is 1. The molecule has 31 heavy (non-hydrogen) atoms. The van der Waals surface area contributed by atoms with Gasteiger partial charge in [0.1, 0.15) is 11.4 Å². The first-order valence-electron chi connectivity index (χ1n) is 11.3. The Bertz CT molecular complexity index is 881. The monoisotopic (exact) mass is 425 g/mol. The predicted octanol–water partition coefficient (Wildman–Crippen LogP) is 2.57. The Balaban J connectivity index is 1.33. The summed E-state index contributed by atoms with van der Waals surface area (Å²) in [7, 11) is 0. The van der Waals surface area contributed by atoms with Crippen LogP contribution in [0.15, 0.2) is 35.9 Å². The van der Waals surface area contributed by atoms with Crippen LogP contribution in [0.1, 0.15) is 61.7 Å². The standard InChI is InChI=1S/C24H31N3O4/c28-21(25-14-11-18-6-2-1-3-7-18)16-27-15-13-24(12-10-22(27)29)17-26-23(30)19-8-4-5-9-20(19)31-24/h4-6,8-9H,1-3,7,10-17H2,(H,25,28)(H,26,30). The van der Waals surface area contributed by atoms with Crippen LogP contribution < -0.4 is 15.4 Å². The predicted molar refractivity (Wildman–Crippen MR) is 117 cm³/mol. The maximum Gasteiger partial charge on any atom is 0.255 e. The molecule has 1 unspecified atom stereocenters. The maximum absolute atomic E-state index is 12.7. The summed E-state index contributed by atoms with van der Waals surface area (Å²) in [4.78, 5) is 39.1. The van der Waals surface area contributed by atoms with Gasteiger partial charge in [0, 0.05) is 25.9 Å². The fourth-order valence-corrected chi connectivity index (χ4v) is 4.60. The van der Waals surface area contributed by atoms with Gasteiger partial charge in [0.15, 0.2) is 0 Å². The second-order valence-corrected chi connectivity index (χ2v) is 8.74. The normalized spacial score (nSPS) is 23.7. The molecular weight excluding hydrogens is 394 g/mol. The van der Waals surface area contributed by atoms with E-state index in [4.69, 9.17) is 4.74 Å². The van der Waals surface area contributed by atoms with Crippen molar-refractivity contribution in [1.82, 2.24) is 15.5 Å². The van der Waals surface area contributed by atoms with Crippen LogP contribution in [0, 0.1) is 0 Å². The molecule has 3 amide bonds. The van der Waals surface area contributed by atoms with E-state index in [0.717, 1.165) is 19.3 Å². The van der Waals surface area contributed by atoms with Crippen molar-refractivity contribution in [3.05, 3.63) is 41.5 Å². The van der Waals surface area contributed by atoms with Crippen LogP contribution in [-0.2, 0) is 9.59 Å². The van der Waals surface area contributed by atoms with E-state index in [9.17, 15) is 14.4 Å². The molecule has 1 atom stereocenters. The third-order valence-electron chi connectivity index (χ3n) is 6.50. The van der Waals surface area contributed by atoms with Gasteiger partial charge in [0.25, 0.3) is 5.91 Å². The van der Waals surface area contributed by atoms with E-state index in [-0.39, 0.29) is 30.7 Å². The molecule has 0 saturated carbocycles. The summed E-state index contributed by atoms with van der Waals surface area (Å²) in [5.41, 5.74) is 1.29. The fraction of sp³-hybridized carbons (Fsp3) is 0.542. The van der Waals surface area contributed by atoms with Gasteiger partial charge < -0.3 is 20.3 Å². The van der Waals surface area contributed by atoms with Crippen molar-refractivity contribution >= 4 is 17.7 Å². The van der Waals surface area contributed by atoms with Crippen LogP contribution in [0.2, 0.25) is 0 Å². The molecule has 1 fully saturated rings. The van der Waals surface area contributed by atoms with Crippen LogP contribution in [0.3, 0.4) is 0 Å². The lowest BCUT2D eigenvalue weighted by atomic mass is 9.94. The number of hydrogen-bond donors (Lipinski definition) is 2. The fourth-order valence-electron chi connectivity index (χ4n) is 4.60. The van der Waals surface area contributed by atoms with Crippen LogP contribution in [0.5, 0.6) is 5.75 Å². The van der Waals surface area contributed by atoms with Gasteiger partial charge in [0.05, 0.1) is 18.7 Å². The van der Waals surface area contributed by atoms with Crippen molar-refractivity contribution < 1.29 is 19.1 Å². The van der Waals surface area contributed by atoms with Crippen LogP contribution >= 0.6 is 0 Å². The molecule has 166 valence electrons. The molecule has 1 aliphatic carbocycles. The molecule has 0 radical (unpaired) electrons. The van der Waals surface area contributed by atoms with Crippen molar-refractivity contribution in [3.8, 4) is 5.75 Å². The Morgan fingerprint density at radius 1 is 1.16 bits per heavy atom. The third-order valence-corrected chi connectivity index (χ3v) is 6.50. The highest BCUT2D eigenvalue weighted by molar-refractivity contribution is 5.97. The van der Waals surface area contributed by atoms with E-state index in [1.54, 1.807) is 17.0 Å². The number of amides is 3. The molecule has 0 aromatic heterocycles. The van der Waals surface area contributed by atoms with Crippen molar-refractivity contribution in [2.24, 2.45) is 0 Å². The van der Waals surface area contributed by atoms with Crippen molar-refractivity contribution in [3.63, 3.8) is 0 Å². The maximum atomic E-state index is 12.7. The number of nitrogens with zero attached hydrogens (tertiary/aromatic N) is 1. The second-order valence-electron chi connectivity index (χ2n) is 8.74. The number of allylic oxidation sites excluding steroid dienone is 1. The number of ether oxygens (including phenoxy) is 1.